The molecule has 4 heteroatoms. The van der Waals surface area contributed by atoms with Gasteiger partial charge in [-0.05, 0) is 41.8 Å². The van der Waals surface area contributed by atoms with Crippen LogP contribution in [0.3, 0.4) is 0 Å². The molecule has 23 heavy (non-hydrogen) atoms. The van der Waals surface area contributed by atoms with Crippen molar-refractivity contribution >= 4 is 11.6 Å². The van der Waals surface area contributed by atoms with E-state index in [2.05, 4.69) is 22.3 Å². The van der Waals surface area contributed by atoms with E-state index in [-0.39, 0.29) is 5.91 Å². The van der Waals surface area contributed by atoms with Gasteiger partial charge in [0.05, 0.1) is 7.11 Å². The molecule has 0 unspecified atom stereocenters. The third-order valence-corrected chi connectivity index (χ3v) is 3.74. The smallest absolute Gasteiger partial charge is 0.220 e. The highest BCUT2D eigenvalue weighted by Crippen LogP contribution is 2.13. The minimum absolute atomic E-state index is 0.0671. The summed E-state index contributed by atoms with van der Waals surface area (Å²) < 4.78 is 5.12. The molecule has 0 saturated heterocycles. The molecule has 0 saturated carbocycles. The minimum atomic E-state index is 0.0671. The summed E-state index contributed by atoms with van der Waals surface area (Å²) in [6.07, 6.45) is 1.22. The van der Waals surface area contributed by atoms with Gasteiger partial charge in [-0.2, -0.15) is 0 Å². The Morgan fingerprint density at radius 1 is 1.00 bits per heavy atom. The van der Waals surface area contributed by atoms with Gasteiger partial charge in [0, 0.05) is 32.7 Å². The van der Waals surface area contributed by atoms with Gasteiger partial charge in [0.1, 0.15) is 5.75 Å². The summed E-state index contributed by atoms with van der Waals surface area (Å²) in [7, 11) is 5.67. The van der Waals surface area contributed by atoms with Crippen LogP contribution < -0.4 is 15.0 Å². The molecule has 0 aliphatic carbocycles. The molecular formula is C19H24N2O2. The number of amides is 1. The van der Waals surface area contributed by atoms with Crippen molar-refractivity contribution in [3.8, 4) is 5.75 Å². The molecule has 0 bridgehead atoms. The fraction of sp³-hybridized carbons (Fsp3) is 0.316. The zero-order chi connectivity index (χ0) is 16.7. The number of anilines is 1. The zero-order valence-corrected chi connectivity index (χ0v) is 14.0. The van der Waals surface area contributed by atoms with Gasteiger partial charge >= 0.3 is 0 Å². The van der Waals surface area contributed by atoms with Crippen molar-refractivity contribution in [1.82, 2.24) is 5.32 Å². The molecule has 2 aromatic carbocycles. The molecule has 0 radical (unpaired) electrons. The number of aryl methyl sites for hydroxylation is 1. The summed E-state index contributed by atoms with van der Waals surface area (Å²) >= 11 is 0. The number of methoxy groups -OCH3 is 1. The summed E-state index contributed by atoms with van der Waals surface area (Å²) in [4.78, 5) is 14.0. The highest BCUT2D eigenvalue weighted by atomic mass is 16.5. The minimum Gasteiger partial charge on any atom is -0.497 e. The maximum absolute atomic E-state index is 11.9. The third kappa shape index (κ3) is 5.33. The van der Waals surface area contributed by atoms with Crippen LogP contribution in [0, 0.1) is 0 Å². The highest BCUT2D eigenvalue weighted by Gasteiger charge is 2.03. The quantitative estimate of drug-likeness (QED) is 0.854. The number of ether oxygens (including phenoxy) is 1. The van der Waals surface area contributed by atoms with Crippen molar-refractivity contribution < 1.29 is 9.53 Å². The number of nitrogens with zero attached hydrogens (tertiary/aromatic N) is 1. The van der Waals surface area contributed by atoms with E-state index in [1.807, 2.05) is 50.5 Å². The molecule has 2 aromatic rings. The fourth-order valence-corrected chi connectivity index (χ4v) is 2.25. The molecule has 4 nitrogen and oxygen atoms in total. The van der Waals surface area contributed by atoms with Crippen molar-refractivity contribution in [3.05, 3.63) is 59.7 Å². The largest absolute Gasteiger partial charge is 0.497 e. The van der Waals surface area contributed by atoms with Crippen molar-refractivity contribution in [2.45, 2.75) is 19.4 Å². The number of carbonyl (C=O) groups excluding carboxylic acids is 1. The lowest BCUT2D eigenvalue weighted by Gasteiger charge is -2.13. The number of hydrogen-bond acceptors (Lipinski definition) is 3. The predicted octanol–water partition coefficient (Wildman–Crippen LogP) is 3.01. The lowest BCUT2D eigenvalue weighted by Crippen LogP contribution is -2.23. The summed E-state index contributed by atoms with van der Waals surface area (Å²) in [6, 6.07) is 16.0. The Hall–Kier alpha value is -2.49. The Morgan fingerprint density at radius 2 is 1.61 bits per heavy atom. The van der Waals surface area contributed by atoms with Crippen LogP contribution in [0.4, 0.5) is 5.69 Å². The molecule has 1 N–H and O–H groups in total. The molecule has 0 spiro atoms. The SMILES string of the molecule is COc1ccc(CCC(=O)NCc2ccc(N(C)C)cc2)cc1. The zero-order valence-electron chi connectivity index (χ0n) is 14.0. The maximum Gasteiger partial charge on any atom is 0.220 e. The first-order valence-electron chi connectivity index (χ1n) is 7.74. The van der Waals surface area contributed by atoms with Crippen LogP contribution in [0.2, 0.25) is 0 Å². The van der Waals surface area contributed by atoms with E-state index < -0.39 is 0 Å². The lowest BCUT2D eigenvalue weighted by molar-refractivity contribution is -0.121. The molecule has 1 amide bonds. The monoisotopic (exact) mass is 312 g/mol. The van der Waals surface area contributed by atoms with Crippen LogP contribution >= 0.6 is 0 Å². The Morgan fingerprint density at radius 3 is 2.17 bits per heavy atom. The molecule has 0 aliphatic heterocycles. The van der Waals surface area contributed by atoms with E-state index in [0.717, 1.165) is 29.0 Å². The Labute approximate surface area is 138 Å². The normalized spacial score (nSPS) is 10.2. The average Bonchev–Trinajstić information content (AvgIpc) is 2.59. The summed E-state index contributed by atoms with van der Waals surface area (Å²) in [5.41, 5.74) is 3.39. The number of carbonyl (C=O) groups is 1. The topological polar surface area (TPSA) is 41.6 Å². The van der Waals surface area contributed by atoms with Crippen LogP contribution in [0.25, 0.3) is 0 Å². The fourth-order valence-electron chi connectivity index (χ4n) is 2.25. The molecule has 2 rings (SSSR count). The van der Waals surface area contributed by atoms with Crippen LogP contribution in [0.15, 0.2) is 48.5 Å². The maximum atomic E-state index is 11.9. The van der Waals surface area contributed by atoms with Crippen LogP contribution in [0.5, 0.6) is 5.75 Å². The van der Waals surface area contributed by atoms with Crippen LogP contribution in [-0.4, -0.2) is 27.1 Å². The van der Waals surface area contributed by atoms with Gasteiger partial charge in [-0.15, -0.1) is 0 Å². The van der Waals surface area contributed by atoms with E-state index in [1.54, 1.807) is 7.11 Å². The highest BCUT2D eigenvalue weighted by molar-refractivity contribution is 5.76. The van der Waals surface area contributed by atoms with Crippen LogP contribution in [0.1, 0.15) is 17.5 Å². The van der Waals surface area contributed by atoms with Gasteiger partial charge in [-0.3, -0.25) is 4.79 Å². The second kappa shape index (κ2) is 8.22. The Kier molecular flexibility index (Phi) is 6.03. The third-order valence-electron chi connectivity index (χ3n) is 3.74. The Balaban J connectivity index is 1.76. The molecule has 0 atom stereocenters. The molecule has 0 aliphatic rings. The van der Waals surface area contributed by atoms with Gasteiger partial charge in [-0.25, -0.2) is 0 Å². The number of nitrogens with one attached hydrogen (secondary N) is 1. The van der Waals surface area contributed by atoms with E-state index in [1.165, 1.54) is 0 Å². The van der Waals surface area contributed by atoms with Crippen LogP contribution in [-0.2, 0) is 17.8 Å². The van der Waals surface area contributed by atoms with Gasteiger partial charge in [0.2, 0.25) is 5.91 Å². The van der Waals surface area contributed by atoms with Gasteiger partial charge in [0.25, 0.3) is 0 Å². The first-order valence-corrected chi connectivity index (χ1v) is 7.74. The summed E-state index contributed by atoms with van der Waals surface area (Å²) in [5.74, 6) is 0.900. The van der Waals surface area contributed by atoms with Crippen molar-refractivity contribution in [2.24, 2.45) is 0 Å². The summed E-state index contributed by atoms with van der Waals surface area (Å²) in [6.45, 7) is 0.565. The molecule has 0 aromatic heterocycles. The average molecular weight is 312 g/mol. The van der Waals surface area contributed by atoms with Gasteiger partial charge in [-0.1, -0.05) is 24.3 Å². The van der Waals surface area contributed by atoms with E-state index in [0.29, 0.717) is 13.0 Å². The van der Waals surface area contributed by atoms with E-state index in [4.69, 9.17) is 4.74 Å². The number of rotatable bonds is 7. The summed E-state index contributed by atoms with van der Waals surface area (Å²) in [5, 5.41) is 2.96. The van der Waals surface area contributed by atoms with Crippen molar-refractivity contribution in [3.63, 3.8) is 0 Å². The Bertz CT molecular complexity index is 619. The standard InChI is InChI=1S/C19H24N2O2/c1-21(2)17-9-4-16(5-10-17)14-20-19(22)13-8-15-6-11-18(23-3)12-7-15/h4-7,9-12H,8,13-14H2,1-3H3,(H,20,22). The molecule has 0 heterocycles. The molecular weight excluding hydrogens is 288 g/mol. The van der Waals surface area contributed by atoms with Gasteiger partial charge in [0.15, 0.2) is 0 Å². The van der Waals surface area contributed by atoms with Gasteiger partial charge < -0.3 is 15.0 Å². The van der Waals surface area contributed by atoms with Crippen molar-refractivity contribution in [1.29, 1.82) is 0 Å². The predicted molar refractivity (Wildman–Crippen MR) is 93.9 cm³/mol. The van der Waals surface area contributed by atoms with E-state index in [9.17, 15) is 4.79 Å². The van der Waals surface area contributed by atoms with E-state index >= 15 is 0 Å². The second-order valence-electron chi connectivity index (χ2n) is 5.69. The van der Waals surface area contributed by atoms with Crippen molar-refractivity contribution in [2.75, 3.05) is 26.1 Å². The second-order valence-corrected chi connectivity index (χ2v) is 5.69. The number of benzene rings is 2. The number of hydrogen-bond donors (Lipinski definition) is 1. The first-order chi connectivity index (χ1) is 11.1. The lowest BCUT2D eigenvalue weighted by atomic mass is 10.1. The molecule has 122 valence electrons. The molecule has 0 fully saturated rings. The first kappa shape index (κ1) is 16.9.